The van der Waals surface area contributed by atoms with E-state index in [9.17, 15) is 4.79 Å². The Balaban J connectivity index is 1.99. The lowest BCUT2D eigenvalue weighted by Gasteiger charge is -2.26. The van der Waals surface area contributed by atoms with Gasteiger partial charge in [0, 0.05) is 42.4 Å². The summed E-state index contributed by atoms with van der Waals surface area (Å²) < 4.78 is 0. The number of allylic oxidation sites excluding steroid dienone is 1. The highest BCUT2D eigenvalue weighted by Crippen LogP contribution is 2.16. The average Bonchev–Trinajstić information content (AvgIpc) is 3.22. The number of nitrogens with one attached hydrogen (secondary N) is 2. The highest BCUT2D eigenvalue weighted by atomic mass is 35.5. The highest BCUT2D eigenvalue weighted by molar-refractivity contribution is 8.16. The normalized spacial score (nSPS) is 16.9. The SMILES string of the molecule is Cc1ccc(N/C=C(\CCl)N=CC(C)C(NC(=O)C2=NCCS2)C(C)C)cn1. The molecule has 2 unspecified atom stereocenters. The summed E-state index contributed by atoms with van der Waals surface area (Å²) in [5, 5.41) is 6.84. The molecule has 8 heteroatoms. The minimum Gasteiger partial charge on any atom is -0.359 e. The van der Waals surface area contributed by atoms with Crippen LogP contribution < -0.4 is 10.6 Å². The number of halogens is 1. The summed E-state index contributed by atoms with van der Waals surface area (Å²) in [6.45, 7) is 8.87. The van der Waals surface area contributed by atoms with Crippen molar-refractivity contribution in [2.75, 3.05) is 23.5 Å². The highest BCUT2D eigenvalue weighted by Gasteiger charge is 2.25. The second-order valence-corrected chi connectivity index (χ2v) is 8.37. The summed E-state index contributed by atoms with van der Waals surface area (Å²) in [7, 11) is 0. The second-order valence-electron chi connectivity index (χ2n) is 7.02. The molecule has 1 aromatic rings. The van der Waals surface area contributed by atoms with E-state index in [0.717, 1.165) is 17.1 Å². The number of nitrogens with zero attached hydrogens (tertiary/aromatic N) is 3. The maximum Gasteiger partial charge on any atom is 0.276 e. The van der Waals surface area contributed by atoms with Crippen molar-refractivity contribution in [2.24, 2.45) is 21.8 Å². The third-order valence-corrected chi connectivity index (χ3v) is 5.54. The van der Waals surface area contributed by atoms with Crippen LogP contribution in [0.4, 0.5) is 5.69 Å². The molecule has 2 heterocycles. The minimum absolute atomic E-state index is 0.0361. The molecule has 1 aromatic heterocycles. The van der Waals surface area contributed by atoms with Gasteiger partial charge in [0.25, 0.3) is 5.91 Å². The van der Waals surface area contributed by atoms with Crippen molar-refractivity contribution < 1.29 is 4.79 Å². The van der Waals surface area contributed by atoms with Crippen LogP contribution in [0.1, 0.15) is 26.5 Å². The molecule has 0 aliphatic carbocycles. The van der Waals surface area contributed by atoms with Crippen LogP contribution in [0.25, 0.3) is 0 Å². The number of amides is 1. The Morgan fingerprint density at radius 3 is 2.75 bits per heavy atom. The number of aromatic nitrogens is 1. The Hall–Kier alpha value is -1.86. The molecule has 2 rings (SSSR count). The van der Waals surface area contributed by atoms with Crippen LogP contribution in [0.5, 0.6) is 0 Å². The molecule has 152 valence electrons. The molecule has 6 nitrogen and oxygen atoms in total. The third-order valence-electron chi connectivity index (χ3n) is 4.29. The molecule has 2 atom stereocenters. The zero-order chi connectivity index (χ0) is 20.5. The first-order valence-electron chi connectivity index (χ1n) is 9.37. The van der Waals surface area contributed by atoms with Crippen LogP contribution in [0.15, 0.2) is 40.2 Å². The molecule has 1 aliphatic heterocycles. The van der Waals surface area contributed by atoms with Crippen LogP contribution in [0.3, 0.4) is 0 Å². The fourth-order valence-corrected chi connectivity index (χ4v) is 3.62. The standard InChI is InChI=1S/C20H28ClN5OS/c1-13(2)18(26-19(27)20-22-7-8-28-20)14(3)10-24-17(9-21)12-25-16-6-5-15(4)23-11-16/h5-6,10-14,18,25H,7-9H2,1-4H3,(H,26,27)/b17-12+,24-10?. The number of carbonyl (C=O) groups is 1. The van der Waals surface area contributed by atoms with Crippen LogP contribution >= 0.6 is 23.4 Å². The lowest BCUT2D eigenvalue weighted by atomic mass is 9.92. The first-order valence-corrected chi connectivity index (χ1v) is 10.9. The largest absolute Gasteiger partial charge is 0.359 e. The maximum absolute atomic E-state index is 12.4. The minimum atomic E-state index is -0.0944. The van der Waals surface area contributed by atoms with Crippen LogP contribution in [0.2, 0.25) is 0 Å². The number of anilines is 1. The molecule has 0 saturated carbocycles. The monoisotopic (exact) mass is 421 g/mol. The number of hydrogen-bond acceptors (Lipinski definition) is 6. The van der Waals surface area contributed by atoms with E-state index < -0.39 is 0 Å². The fraction of sp³-hybridized carbons (Fsp3) is 0.500. The van der Waals surface area contributed by atoms with Gasteiger partial charge in [0.15, 0.2) is 5.04 Å². The predicted molar refractivity (Wildman–Crippen MR) is 121 cm³/mol. The second kappa shape index (κ2) is 11.2. The molecule has 0 radical (unpaired) electrons. The van der Waals surface area contributed by atoms with E-state index in [1.807, 2.05) is 32.2 Å². The number of aliphatic imine (C=N–C) groups is 2. The molecule has 0 aromatic carbocycles. The zero-order valence-electron chi connectivity index (χ0n) is 16.8. The first-order chi connectivity index (χ1) is 13.4. The Kier molecular flexibility index (Phi) is 8.99. The van der Waals surface area contributed by atoms with Gasteiger partial charge in [-0.2, -0.15) is 0 Å². The predicted octanol–water partition coefficient (Wildman–Crippen LogP) is 3.88. The summed E-state index contributed by atoms with van der Waals surface area (Å²) in [4.78, 5) is 25.4. The Labute approximate surface area is 176 Å². The number of pyridine rings is 1. The van der Waals surface area contributed by atoms with Gasteiger partial charge in [-0.05, 0) is 25.0 Å². The summed E-state index contributed by atoms with van der Waals surface area (Å²) in [6.07, 6.45) is 5.38. The Morgan fingerprint density at radius 2 is 2.18 bits per heavy atom. The molecule has 0 fully saturated rings. The van der Waals surface area contributed by atoms with Crippen molar-refractivity contribution in [1.29, 1.82) is 0 Å². The van der Waals surface area contributed by atoms with E-state index in [0.29, 0.717) is 17.3 Å². The van der Waals surface area contributed by atoms with Crippen LogP contribution in [-0.2, 0) is 4.79 Å². The van der Waals surface area contributed by atoms with Gasteiger partial charge in [0.05, 0.1) is 23.5 Å². The number of rotatable bonds is 9. The van der Waals surface area contributed by atoms with E-state index >= 15 is 0 Å². The lowest BCUT2D eigenvalue weighted by Crippen LogP contribution is -2.45. The van der Waals surface area contributed by atoms with E-state index in [1.54, 1.807) is 12.4 Å². The van der Waals surface area contributed by atoms with Gasteiger partial charge in [0.1, 0.15) is 0 Å². The summed E-state index contributed by atoms with van der Waals surface area (Å²) in [5.74, 6) is 1.37. The van der Waals surface area contributed by atoms with Crippen LogP contribution in [0, 0.1) is 18.8 Å². The molecule has 0 bridgehead atoms. The zero-order valence-corrected chi connectivity index (χ0v) is 18.3. The molecule has 2 N–H and O–H groups in total. The van der Waals surface area contributed by atoms with Crippen molar-refractivity contribution in [3.05, 3.63) is 35.9 Å². The topological polar surface area (TPSA) is 78.7 Å². The van der Waals surface area contributed by atoms with Gasteiger partial charge in [-0.3, -0.25) is 19.8 Å². The number of carbonyl (C=O) groups excluding carboxylic acids is 1. The smallest absolute Gasteiger partial charge is 0.276 e. The first kappa shape index (κ1) is 22.4. The number of alkyl halides is 1. The van der Waals surface area contributed by atoms with Crippen molar-refractivity contribution in [3.63, 3.8) is 0 Å². The molecular weight excluding hydrogens is 394 g/mol. The van der Waals surface area contributed by atoms with Gasteiger partial charge < -0.3 is 10.6 Å². The summed E-state index contributed by atoms with van der Waals surface area (Å²) >= 11 is 7.54. The summed E-state index contributed by atoms with van der Waals surface area (Å²) in [6, 6.07) is 3.85. The quantitative estimate of drug-likeness (QED) is 0.468. The molecular formula is C20H28ClN5OS. The maximum atomic E-state index is 12.4. The van der Waals surface area contributed by atoms with Gasteiger partial charge >= 0.3 is 0 Å². The van der Waals surface area contributed by atoms with E-state index in [1.165, 1.54) is 11.8 Å². The lowest BCUT2D eigenvalue weighted by molar-refractivity contribution is -0.115. The van der Waals surface area contributed by atoms with Gasteiger partial charge in [-0.1, -0.05) is 32.5 Å². The van der Waals surface area contributed by atoms with Gasteiger partial charge in [0.2, 0.25) is 0 Å². The van der Waals surface area contributed by atoms with Gasteiger partial charge in [-0.15, -0.1) is 11.6 Å². The Morgan fingerprint density at radius 1 is 1.39 bits per heavy atom. The molecule has 1 amide bonds. The van der Waals surface area contributed by atoms with Crippen molar-refractivity contribution in [2.45, 2.75) is 33.7 Å². The molecule has 0 saturated heterocycles. The van der Waals surface area contributed by atoms with Gasteiger partial charge in [-0.25, -0.2) is 0 Å². The number of thioether (sulfide) groups is 1. The molecule has 0 spiro atoms. The molecule has 1 aliphatic rings. The van der Waals surface area contributed by atoms with E-state index in [-0.39, 0.29) is 29.7 Å². The van der Waals surface area contributed by atoms with Crippen molar-refractivity contribution in [3.8, 4) is 0 Å². The van der Waals surface area contributed by atoms with E-state index in [2.05, 4.69) is 39.4 Å². The third kappa shape index (κ3) is 6.95. The fourth-order valence-electron chi connectivity index (χ4n) is 2.73. The summed E-state index contributed by atoms with van der Waals surface area (Å²) in [5.41, 5.74) is 2.54. The number of aryl methyl sites for hydroxylation is 1. The van der Waals surface area contributed by atoms with Crippen molar-refractivity contribution in [1.82, 2.24) is 10.3 Å². The molecule has 28 heavy (non-hydrogen) atoms. The Bertz CT molecular complexity index is 745. The van der Waals surface area contributed by atoms with Crippen LogP contribution in [-0.4, -0.2) is 46.4 Å². The van der Waals surface area contributed by atoms with Crippen molar-refractivity contribution >= 4 is 46.2 Å². The average molecular weight is 422 g/mol. The van der Waals surface area contributed by atoms with E-state index in [4.69, 9.17) is 11.6 Å². The number of hydrogen-bond donors (Lipinski definition) is 2.